The molecule has 1 aromatic carbocycles. The Morgan fingerprint density at radius 1 is 1.20 bits per heavy atom. The molecule has 0 aliphatic heterocycles. The summed E-state index contributed by atoms with van der Waals surface area (Å²) >= 11 is 5.79. The van der Waals surface area contributed by atoms with Crippen molar-refractivity contribution in [1.82, 2.24) is 15.4 Å². The number of halogens is 2. The monoisotopic (exact) mass is 290 g/mol. The minimum absolute atomic E-state index is 0.00176. The fourth-order valence-corrected chi connectivity index (χ4v) is 2.06. The van der Waals surface area contributed by atoms with Crippen LogP contribution in [0.2, 0.25) is 5.02 Å². The number of hydrogen-bond acceptors (Lipinski definition) is 5. The third-order valence-electron chi connectivity index (χ3n) is 2.79. The van der Waals surface area contributed by atoms with E-state index in [9.17, 15) is 4.39 Å². The van der Waals surface area contributed by atoms with E-state index in [1.165, 1.54) is 18.5 Å². The molecule has 0 spiro atoms. The van der Waals surface area contributed by atoms with Gasteiger partial charge in [0.15, 0.2) is 11.6 Å². The van der Waals surface area contributed by atoms with Crippen LogP contribution in [0.3, 0.4) is 0 Å². The van der Waals surface area contributed by atoms with Crippen molar-refractivity contribution in [2.45, 2.75) is 0 Å². The maximum Gasteiger partial charge on any atom is 0.178 e. The van der Waals surface area contributed by atoms with E-state index in [4.69, 9.17) is 21.9 Å². The largest absolute Gasteiger partial charge is 0.380 e. The van der Waals surface area contributed by atoms with E-state index < -0.39 is 5.82 Å². The Hall–Kier alpha value is -2.47. The van der Waals surface area contributed by atoms with E-state index in [0.29, 0.717) is 16.9 Å². The smallest absolute Gasteiger partial charge is 0.178 e. The van der Waals surface area contributed by atoms with Crippen LogP contribution in [0.15, 0.2) is 41.2 Å². The maximum atomic E-state index is 14.2. The van der Waals surface area contributed by atoms with Crippen molar-refractivity contribution in [3.63, 3.8) is 0 Å². The van der Waals surface area contributed by atoms with Crippen LogP contribution in [0, 0.1) is 5.82 Å². The van der Waals surface area contributed by atoms with Crippen molar-refractivity contribution in [2.24, 2.45) is 0 Å². The molecule has 100 valence electrons. The predicted octanol–water partition coefficient (Wildman–Crippen LogP) is 3.17. The molecule has 0 saturated heterocycles. The van der Waals surface area contributed by atoms with Gasteiger partial charge in [-0.15, -0.1) is 0 Å². The zero-order valence-electron chi connectivity index (χ0n) is 10.0. The summed E-state index contributed by atoms with van der Waals surface area (Å²) in [5.41, 5.74) is 6.95. The van der Waals surface area contributed by atoms with E-state index in [-0.39, 0.29) is 16.4 Å². The average Bonchev–Trinajstić information content (AvgIpc) is 2.85. The third-order valence-corrected chi connectivity index (χ3v) is 3.08. The normalized spacial score (nSPS) is 10.7. The summed E-state index contributed by atoms with van der Waals surface area (Å²) in [5, 5.41) is 11.1. The fourth-order valence-electron chi connectivity index (χ4n) is 1.88. The van der Waals surface area contributed by atoms with Crippen molar-refractivity contribution in [3.05, 3.63) is 47.5 Å². The number of nitrogens with zero attached hydrogens (tertiary/aromatic N) is 3. The standard InChI is InChI=1S/C13H8ClFN4O/c14-9-3-1-2-8(11(9)15)10-12(20-19-13(10)16)7-4-5-17-18-6-7/h1-6H,(H2,16,19). The molecule has 3 rings (SSSR count). The van der Waals surface area contributed by atoms with Crippen molar-refractivity contribution in [2.75, 3.05) is 5.73 Å². The van der Waals surface area contributed by atoms with Crippen LogP contribution in [0.1, 0.15) is 0 Å². The number of nitrogen functional groups attached to an aromatic ring is 1. The highest BCUT2D eigenvalue weighted by Crippen LogP contribution is 2.38. The third kappa shape index (κ3) is 2.00. The van der Waals surface area contributed by atoms with Gasteiger partial charge in [-0.25, -0.2) is 4.39 Å². The Morgan fingerprint density at radius 3 is 2.80 bits per heavy atom. The van der Waals surface area contributed by atoms with Crippen molar-refractivity contribution >= 4 is 17.4 Å². The molecule has 0 unspecified atom stereocenters. The van der Waals surface area contributed by atoms with Gasteiger partial charge in [-0.1, -0.05) is 28.9 Å². The molecule has 0 aliphatic rings. The van der Waals surface area contributed by atoms with Crippen LogP contribution in [-0.4, -0.2) is 15.4 Å². The summed E-state index contributed by atoms with van der Waals surface area (Å²) in [6.07, 6.45) is 2.97. The number of rotatable bonds is 2. The first-order chi connectivity index (χ1) is 9.68. The second-order valence-electron chi connectivity index (χ2n) is 4.00. The highest BCUT2D eigenvalue weighted by Gasteiger charge is 2.21. The summed E-state index contributed by atoms with van der Waals surface area (Å²) in [7, 11) is 0. The highest BCUT2D eigenvalue weighted by molar-refractivity contribution is 6.31. The van der Waals surface area contributed by atoms with Crippen LogP contribution in [0.4, 0.5) is 10.2 Å². The molecule has 0 saturated carbocycles. The quantitative estimate of drug-likeness (QED) is 0.784. The van der Waals surface area contributed by atoms with Crippen LogP contribution in [0.5, 0.6) is 0 Å². The van der Waals surface area contributed by atoms with Gasteiger partial charge < -0.3 is 10.3 Å². The second-order valence-corrected chi connectivity index (χ2v) is 4.41. The summed E-state index contributed by atoms with van der Waals surface area (Å²) in [5.74, 6) is -0.177. The summed E-state index contributed by atoms with van der Waals surface area (Å²) < 4.78 is 19.3. The molecule has 0 bridgehead atoms. The first-order valence-corrected chi connectivity index (χ1v) is 6.03. The molecule has 0 fully saturated rings. The molecular formula is C13H8ClFN4O. The number of anilines is 1. The van der Waals surface area contributed by atoms with Gasteiger partial charge in [-0.05, 0) is 12.1 Å². The molecule has 2 N–H and O–H groups in total. The first-order valence-electron chi connectivity index (χ1n) is 5.65. The number of benzene rings is 1. The van der Waals surface area contributed by atoms with E-state index in [1.807, 2.05) is 0 Å². The van der Waals surface area contributed by atoms with Gasteiger partial charge in [0.1, 0.15) is 5.82 Å². The molecule has 2 aromatic heterocycles. The molecule has 2 heterocycles. The lowest BCUT2D eigenvalue weighted by molar-refractivity contribution is 0.436. The summed E-state index contributed by atoms with van der Waals surface area (Å²) in [6, 6.07) is 6.31. The molecule has 7 heteroatoms. The molecular weight excluding hydrogens is 283 g/mol. The summed E-state index contributed by atoms with van der Waals surface area (Å²) in [4.78, 5) is 0. The molecule has 20 heavy (non-hydrogen) atoms. The van der Waals surface area contributed by atoms with Crippen molar-refractivity contribution < 1.29 is 8.91 Å². The Balaban J connectivity index is 2.25. The van der Waals surface area contributed by atoms with Gasteiger partial charge in [0, 0.05) is 11.1 Å². The second kappa shape index (κ2) is 4.90. The lowest BCUT2D eigenvalue weighted by Crippen LogP contribution is -1.92. The van der Waals surface area contributed by atoms with Gasteiger partial charge in [0.25, 0.3) is 0 Å². The first kappa shape index (κ1) is 12.6. The van der Waals surface area contributed by atoms with E-state index in [2.05, 4.69) is 15.4 Å². The number of aromatic nitrogens is 3. The van der Waals surface area contributed by atoms with Crippen LogP contribution in [-0.2, 0) is 0 Å². The highest BCUT2D eigenvalue weighted by atomic mass is 35.5. The Labute approximate surface area is 118 Å². The fraction of sp³-hybridized carbons (Fsp3) is 0. The van der Waals surface area contributed by atoms with Crippen LogP contribution >= 0.6 is 11.6 Å². The van der Waals surface area contributed by atoms with Gasteiger partial charge in [0.2, 0.25) is 0 Å². The molecule has 0 aliphatic carbocycles. The molecule has 0 atom stereocenters. The lowest BCUT2D eigenvalue weighted by Gasteiger charge is -2.05. The van der Waals surface area contributed by atoms with Crippen molar-refractivity contribution in [3.8, 4) is 22.5 Å². The van der Waals surface area contributed by atoms with Gasteiger partial charge >= 0.3 is 0 Å². The molecule has 0 amide bonds. The van der Waals surface area contributed by atoms with E-state index >= 15 is 0 Å². The molecule has 5 nitrogen and oxygen atoms in total. The minimum Gasteiger partial charge on any atom is -0.380 e. The molecule has 3 aromatic rings. The maximum absolute atomic E-state index is 14.2. The number of hydrogen-bond donors (Lipinski definition) is 1. The minimum atomic E-state index is -0.577. The lowest BCUT2D eigenvalue weighted by atomic mass is 10.0. The summed E-state index contributed by atoms with van der Waals surface area (Å²) in [6.45, 7) is 0. The Bertz CT molecular complexity index is 760. The van der Waals surface area contributed by atoms with E-state index in [0.717, 1.165) is 0 Å². The van der Waals surface area contributed by atoms with Crippen LogP contribution < -0.4 is 5.73 Å². The van der Waals surface area contributed by atoms with Crippen molar-refractivity contribution in [1.29, 1.82) is 0 Å². The SMILES string of the molecule is Nc1noc(-c2ccnnc2)c1-c1cccc(Cl)c1F. The predicted molar refractivity (Wildman–Crippen MR) is 72.3 cm³/mol. The Morgan fingerprint density at radius 2 is 2.05 bits per heavy atom. The molecule has 0 radical (unpaired) electrons. The Kier molecular flexibility index (Phi) is 3.08. The van der Waals surface area contributed by atoms with Gasteiger partial charge in [0.05, 0.1) is 23.0 Å². The number of nitrogens with two attached hydrogens (primary N) is 1. The van der Waals surface area contributed by atoms with Gasteiger partial charge in [-0.3, -0.25) is 0 Å². The van der Waals surface area contributed by atoms with E-state index in [1.54, 1.807) is 18.2 Å². The van der Waals surface area contributed by atoms with Crippen LogP contribution in [0.25, 0.3) is 22.5 Å². The topological polar surface area (TPSA) is 77.8 Å². The average molecular weight is 291 g/mol. The van der Waals surface area contributed by atoms with Gasteiger partial charge in [-0.2, -0.15) is 10.2 Å². The zero-order valence-corrected chi connectivity index (χ0v) is 10.8. The zero-order chi connectivity index (χ0) is 14.1.